The Balaban J connectivity index is 1.52. The summed E-state index contributed by atoms with van der Waals surface area (Å²) in [6.07, 6.45) is 9.30. The minimum atomic E-state index is 0.114. The van der Waals surface area contributed by atoms with Gasteiger partial charge in [-0.2, -0.15) is 0 Å². The first-order chi connectivity index (χ1) is 8.24. The molecule has 17 heavy (non-hydrogen) atoms. The molecule has 0 spiro atoms. The van der Waals surface area contributed by atoms with E-state index < -0.39 is 0 Å². The Bertz CT molecular complexity index is 301. The molecule has 3 rings (SSSR count). The van der Waals surface area contributed by atoms with Crippen molar-refractivity contribution in [3.63, 3.8) is 0 Å². The summed E-state index contributed by atoms with van der Waals surface area (Å²) in [5.41, 5.74) is 0. The first-order valence-corrected chi connectivity index (χ1v) is 7.25. The van der Waals surface area contributed by atoms with E-state index in [-0.39, 0.29) is 6.04 Å². The maximum absolute atomic E-state index is 11.9. The lowest BCUT2D eigenvalue weighted by Gasteiger charge is -2.31. The van der Waals surface area contributed by atoms with Crippen molar-refractivity contribution in [3.8, 4) is 0 Å². The zero-order valence-corrected chi connectivity index (χ0v) is 10.8. The van der Waals surface area contributed by atoms with Gasteiger partial charge < -0.3 is 10.2 Å². The van der Waals surface area contributed by atoms with Gasteiger partial charge in [0, 0.05) is 19.6 Å². The molecule has 0 radical (unpaired) electrons. The number of likely N-dealkylation sites (tertiary alicyclic amines) is 1. The average Bonchev–Trinajstić information content (AvgIpc) is 3.13. The summed E-state index contributed by atoms with van der Waals surface area (Å²) >= 11 is 0. The third-order valence-electron chi connectivity index (χ3n) is 4.87. The summed E-state index contributed by atoms with van der Waals surface area (Å²) < 4.78 is 0. The second kappa shape index (κ2) is 4.60. The Kier molecular flexibility index (Phi) is 3.12. The maximum atomic E-state index is 11.9. The van der Waals surface area contributed by atoms with Crippen LogP contribution in [0.15, 0.2) is 0 Å². The first-order valence-electron chi connectivity index (χ1n) is 7.25. The topological polar surface area (TPSA) is 32.3 Å². The molecular formula is C14H24N2O. The third-order valence-corrected chi connectivity index (χ3v) is 4.87. The van der Waals surface area contributed by atoms with Crippen LogP contribution >= 0.6 is 0 Å². The molecule has 1 saturated heterocycles. The second-order valence-corrected chi connectivity index (χ2v) is 6.23. The molecule has 0 bridgehead atoms. The first kappa shape index (κ1) is 11.5. The van der Waals surface area contributed by atoms with Crippen molar-refractivity contribution in [2.45, 2.75) is 57.0 Å². The van der Waals surface area contributed by atoms with Crippen LogP contribution in [0.4, 0.5) is 0 Å². The number of nitrogens with one attached hydrogen (secondary N) is 1. The van der Waals surface area contributed by atoms with Crippen molar-refractivity contribution in [1.82, 2.24) is 10.2 Å². The lowest BCUT2D eigenvalue weighted by atomic mass is 9.82. The lowest BCUT2D eigenvalue weighted by Crippen LogP contribution is -2.45. The summed E-state index contributed by atoms with van der Waals surface area (Å²) in [5.74, 6) is 2.29. The number of likely N-dealkylation sites (N-methyl/N-ethyl adjacent to an activating group) is 1. The van der Waals surface area contributed by atoms with Crippen LogP contribution in [0.2, 0.25) is 0 Å². The SMILES string of the molecule is CN1CCC(NC2CCCC(C3CC3)C2)C1=O. The standard InChI is InChI=1S/C14H24N2O/c1-16-8-7-13(14(16)17)15-12-4-2-3-11(9-12)10-5-6-10/h10-13,15H,2-9H2,1H3. The largest absolute Gasteiger partial charge is 0.344 e. The van der Waals surface area contributed by atoms with Crippen molar-refractivity contribution in [1.29, 1.82) is 0 Å². The van der Waals surface area contributed by atoms with E-state index in [1.54, 1.807) is 0 Å². The van der Waals surface area contributed by atoms with Crippen molar-refractivity contribution in [2.75, 3.05) is 13.6 Å². The fourth-order valence-electron chi connectivity index (χ4n) is 3.64. The van der Waals surface area contributed by atoms with Crippen LogP contribution in [0, 0.1) is 11.8 Å². The average molecular weight is 236 g/mol. The quantitative estimate of drug-likeness (QED) is 0.810. The molecule has 0 aromatic rings. The highest BCUT2D eigenvalue weighted by molar-refractivity contribution is 5.83. The van der Waals surface area contributed by atoms with Gasteiger partial charge in [-0.05, 0) is 43.9 Å². The molecular weight excluding hydrogens is 212 g/mol. The Morgan fingerprint density at radius 1 is 1.12 bits per heavy atom. The van der Waals surface area contributed by atoms with E-state index in [1.807, 2.05) is 11.9 Å². The van der Waals surface area contributed by atoms with Gasteiger partial charge in [-0.3, -0.25) is 4.79 Å². The molecule has 1 aliphatic heterocycles. The zero-order chi connectivity index (χ0) is 11.8. The van der Waals surface area contributed by atoms with Gasteiger partial charge >= 0.3 is 0 Å². The molecule has 0 aromatic carbocycles. The van der Waals surface area contributed by atoms with Gasteiger partial charge in [0.1, 0.15) is 0 Å². The highest BCUT2D eigenvalue weighted by Gasteiger charge is 2.37. The van der Waals surface area contributed by atoms with Gasteiger partial charge in [0.2, 0.25) is 5.91 Å². The Morgan fingerprint density at radius 3 is 2.59 bits per heavy atom. The Morgan fingerprint density at radius 2 is 1.94 bits per heavy atom. The summed E-state index contributed by atoms with van der Waals surface area (Å²) in [7, 11) is 1.91. The Labute approximate surface area is 104 Å². The molecule has 3 fully saturated rings. The number of amides is 1. The predicted molar refractivity (Wildman–Crippen MR) is 67.6 cm³/mol. The monoisotopic (exact) mass is 236 g/mol. The molecule has 3 nitrogen and oxygen atoms in total. The number of carbonyl (C=O) groups is 1. The van der Waals surface area contributed by atoms with Crippen molar-refractivity contribution in [3.05, 3.63) is 0 Å². The number of hydrogen-bond donors (Lipinski definition) is 1. The smallest absolute Gasteiger partial charge is 0.239 e. The summed E-state index contributed by atoms with van der Waals surface area (Å²) in [4.78, 5) is 13.7. The zero-order valence-electron chi connectivity index (χ0n) is 10.8. The van der Waals surface area contributed by atoms with Crippen LogP contribution in [-0.2, 0) is 4.79 Å². The highest BCUT2D eigenvalue weighted by Crippen LogP contribution is 2.44. The second-order valence-electron chi connectivity index (χ2n) is 6.23. The van der Waals surface area contributed by atoms with Gasteiger partial charge in [0.15, 0.2) is 0 Å². The van der Waals surface area contributed by atoms with Crippen LogP contribution in [-0.4, -0.2) is 36.5 Å². The summed E-state index contributed by atoms with van der Waals surface area (Å²) in [5, 5.41) is 3.62. The van der Waals surface area contributed by atoms with E-state index in [0.717, 1.165) is 24.8 Å². The lowest BCUT2D eigenvalue weighted by molar-refractivity contribution is -0.128. The molecule has 96 valence electrons. The number of nitrogens with zero attached hydrogens (tertiary/aromatic N) is 1. The van der Waals surface area contributed by atoms with Crippen molar-refractivity contribution >= 4 is 5.91 Å². The normalized spacial score (nSPS) is 38.8. The maximum Gasteiger partial charge on any atom is 0.239 e. The van der Waals surface area contributed by atoms with Gasteiger partial charge in [0.05, 0.1) is 6.04 Å². The summed E-state index contributed by atoms with van der Waals surface area (Å²) in [6.45, 7) is 0.926. The molecule has 3 unspecified atom stereocenters. The van der Waals surface area contributed by atoms with Gasteiger partial charge in [-0.15, -0.1) is 0 Å². The van der Waals surface area contributed by atoms with E-state index in [4.69, 9.17) is 0 Å². The van der Waals surface area contributed by atoms with Crippen LogP contribution in [0.1, 0.15) is 44.9 Å². The molecule has 2 aliphatic carbocycles. The fraction of sp³-hybridized carbons (Fsp3) is 0.929. The van der Waals surface area contributed by atoms with E-state index in [1.165, 1.54) is 38.5 Å². The van der Waals surface area contributed by atoms with Gasteiger partial charge in [-0.25, -0.2) is 0 Å². The van der Waals surface area contributed by atoms with E-state index in [2.05, 4.69) is 5.32 Å². The van der Waals surface area contributed by atoms with Crippen molar-refractivity contribution < 1.29 is 4.79 Å². The minimum absolute atomic E-state index is 0.114. The molecule has 3 heteroatoms. The third kappa shape index (κ3) is 2.49. The Hall–Kier alpha value is -0.570. The van der Waals surface area contributed by atoms with Crippen LogP contribution in [0.3, 0.4) is 0 Å². The molecule has 1 heterocycles. The number of hydrogen-bond acceptors (Lipinski definition) is 2. The molecule has 3 atom stereocenters. The van der Waals surface area contributed by atoms with Crippen LogP contribution in [0.25, 0.3) is 0 Å². The molecule has 3 aliphatic rings. The van der Waals surface area contributed by atoms with Gasteiger partial charge in [-0.1, -0.05) is 12.8 Å². The number of rotatable bonds is 3. The summed E-state index contributed by atoms with van der Waals surface area (Å²) in [6, 6.07) is 0.720. The van der Waals surface area contributed by atoms with Crippen LogP contribution < -0.4 is 5.32 Å². The molecule has 0 aromatic heterocycles. The fourth-order valence-corrected chi connectivity index (χ4v) is 3.64. The highest BCUT2D eigenvalue weighted by atomic mass is 16.2. The van der Waals surface area contributed by atoms with Crippen molar-refractivity contribution in [2.24, 2.45) is 11.8 Å². The van der Waals surface area contributed by atoms with Crippen LogP contribution in [0.5, 0.6) is 0 Å². The predicted octanol–water partition coefficient (Wildman–Crippen LogP) is 1.78. The van der Waals surface area contributed by atoms with E-state index in [9.17, 15) is 4.79 Å². The van der Waals surface area contributed by atoms with Gasteiger partial charge in [0.25, 0.3) is 0 Å². The minimum Gasteiger partial charge on any atom is -0.344 e. The molecule has 1 N–H and O–H groups in total. The number of carbonyl (C=O) groups excluding carboxylic acids is 1. The molecule has 2 saturated carbocycles. The molecule has 1 amide bonds. The van der Waals surface area contributed by atoms with E-state index >= 15 is 0 Å². The van der Waals surface area contributed by atoms with E-state index in [0.29, 0.717) is 11.9 Å².